The lowest BCUT2D eigenvalue weighted by Crippen LogP contribution is -2.52. The molecule has 2 aromatic carbocycles. The van der Waals surface area contributed by atoms with Crippen molar-refractivity contribution in [3.05, 3.63) is 70.9 Å². The van der Waals surface area contributed by atoms with Gasteiger partial charge in [0.2, 0.25) is 18.6 Å². The molecule has 2 amide bonds. The summed E-state index contributed by atoms with van der Waals surface area (Å²) in [5.74, 6) is -0.899. The third-order valence-corrected chi connectivity index (χ3v) is 7.52. The molecule has 1 saturated heterocycles. The van der Waals surface area contributed by atoms with Crippen molar-refractivity contribution in [2.45, 2.75) is 51.9 Å². The molecule has 5 rings (SSSR count). The minimum Gasteiger partial charge on any atom is -0.465 e. The Labute approximate surface area is 229 Å². The first kappa shape index (κ1) is 27.5. The predicted octanol–water partition coefficient (Wildman–Crippen LogP) is 4.72. The number of amides is 2. The van der Waals surface area contributed by atoms with Crippen LogP contribution in [0.5, 0.6) is 11.5 Å². The van der Waals surface area contributed by atoms with E-state index >= 15 is 0 Å². The fourth-order valence-corrected chi connectivity index (χ4v) is 5.66. The Balaban J connectivity index is 1.35. The number of benzene rings is 2. The van der Waals surface area contributed by atoms with Gasteiger partial charge in [0.15, 0.2) is 11.5 Å². The number of nitrogens with zero attached hydrogens (tertiary/aromatic N) is 1. The summed E-state index contributed by atoms with van der Waals surface area (Å²) < 4.78 is 55.4. The van der Waals surface area contributed by atoms with Crippen LogP contribution < -0.4 is 14.8 Å². The van der Waals surface area contributed by atoms with Crippen LogP contribution in [0, 0.1) is 11.3 Å². The van der Waals surface area contributed by atoms with E-state index in [-0.39, 0.29) is 50.8 Å². The second-order valence-corrected chi connectivity index (χ2v) is 10.1. The standard InChI is InChI=1S/C29H29F3N2O6/c1-2-38-27(37)28-10-4-7-24(28)34(16-19-8-9-22-23(12-19)40-17-39-22)26(36)20(14-28)13-25(35)33-15-18-5-3-6-21(11-18)29(30,31)32/h3,5-9,11-12,20H,2,4,10,13-17H2,1H3,(H,33,35)/t20-,28+/m1/s1. The number of carbonyl (C=O) groups is 3. The number of halogens is 3. The Kier molecular flexibility index (Phi) is 7.48. The molecule has 2 aromatic rings. The Hall–Kier alpha value is -4.02. The van der Waals surface area contributed by atoms with Gasteiger partial charge in [0.25, 0.3) is 0 Å². The number of fused-ring (bicyclic) bond motifs is 2. The molecule has 3 aliphatic rings. The molecule has 0 bridgehead atoms. The van der Waals surface area contributed by atoms with Crippen LogP contribution in [0.15, 0.2) is 54.2 Å². The van der Waals surface area contributed by atoms with Gasteiger partial charge < -0.3 is 24.4 Å². The number of rotatable bonds is 8. The second kappa shape index (κ2) is 10.9. The largest absolute Gasteiger partial charge is 0.465 e. The van der Waals surface area contributed by atoms with Crippen molar-refractivity contribution in [1.82, 2.24) is 10.2 Å². The van der Waals surface area contributed by atoms with Crippen molar-refractivity contribution in [3.63, 3.8) is 0 Å². The molecule has 0 spiro atoms. The van der Waals surface area contributed by atoms with Crippen molar-refractivity contribution in [3.8, 4) is 11.5 Å². The molecule has 1 fully saturated rings. The molecule has 0 aromatic heterocycles. The third kappa shape index (κ3) is 5.37. The molecule has 1 aliphatic carbocycles. The first-order chi connectivity index (χ1) is 19.1. The van der Waals surface area contributed by atoms with Crippen molar-refractivity contribution in [1.29, 1.82) is 0 Å². The SMILES string of the molecule is CCOC(=O)[C@]12CCC=C1N(Cc1ccc3c(c1)OCO3)C(=O)[C@H](CC(=O)NCc1cccc(C(F)(F)F)c1)C2. The van der Waals surface area contributed by atoms with Gasteiger partial charge in [0, 0.05) is 24.6 Å². The van der Waals surface area contributed by atoms with E-state index in [0.717, 1.165) is 17.7 Å². The highest BCUT2D eigenvalue weighted by Crippen LogP contribution is 2.51. The van der Waals surface area contributed by atoms with Crippen LogP contribution in [0.3, 0.4) is 0 Å². The molecular formula is C29H29F3N2O6. The normalized spacial score (nSPS) is 21.6. The Morgan fingerprint density at radius 2 is 1.93 bits per heavy atom. The van der Waals surface area contributed by atoms with Crippen LogP contribution in [-0.4, -0.2) is 36.1 Å². The van der Waals surface area contributed by atoms with Crippen molar-refractivity contribution in [2.24, 2.45) is 11.3 Å². The number of piperidine rings is 1. The first-order valence-electron chi connectivity index (χ1n) is 13.1. The molecule has 40 heavy (non-hydrogen) atoms. The zero-order chi connectivity index (χ0) is 28.5. The van der Waals surface area contributed by atoms with Crippen LogP contribution in [0.4, 0.5) is 13.2 Å². The highest BCUT2D eigenvalue weighted by Gasteiger charge is 2.55. The van der Waals surface area contributed by atoms with E-state index in [1.165, 1.54) is 12.1 Å². The fourth-order valence-electron chi connectivity index (χ4n) is 5.66. The molecule has 11 heteroatoms. The lowest BCUT2D eigenvalue weighted by atomic mass is 9.71. The van der Waals surface area contributed by atoms with Gasteiger partial charge in [-0.05, 0) is 61.6 Å². The number of nitrogens with one attached hydrogen (secondary N) is 1. The van der Waals surface area contributed by atoms with Gasteiger partial charge in [0.05, 0.1) is 18.7 Å². The highest BCUT2D eigenvalue weighted by atomic mass is 19.4. The lowest BCUT2D eigenvalue weighted by molar-refractivity contribution is -0.161. The van der Waals surface area contributed by atoms with Gasteiger partial charge in [0.1, 0.15) is 5.41 Å². The van der Waals surface area contributed by atoms with Gasteiger partial charge in [-0.25, -0.2) is 0 Å². The van der Waals surface area contributed by atoms with Crippen LogP contribution in [0.25, 0.3) is 0 Å². The predicted molar refractivity (Wildman–Crippen MR) is 136 cm³/mol. The van der Waals surface area contributed by atoms with E-state index < -0.39 is 34.9 Å². The fraction of sp³-hybridized carbons (Fsp3) is 0.414. The monoisotopic (exact) mass is 558 g/mol. The van der Waals surface area contributed by atoms with E-state index in [2.05, 4.69) is 5.32 Å². The molecule has 2 heterocycles. The van der Waals surface area contributed by atoms with Crippen molar-refractivity contribution < 1.29 is 41.8 Å². The summed E-state index contributed by atoms with van der Waals surface area (Å²) in [5.41, 5.74) is -0.247. The summed E-state index contributed by atoms with van der Waals surface area (Å²) in [6.45, 7) is 2.02. The quantitative estimate of drug-likeness (QED) is 0.472. The molecule has 2 aliphatic heterocycles. The maximum absolute atomic E-state index is 13.8. The van der Waals surface area contributed by atoms with Crippen LogP contribution in [0.1, 0.15) is 49.3 Å². The third-order valence-electron chi connectivity index (χ3n) is 7.52. The number of alkyl halides is 3. The zero-order valence-electron chi connectivity index (χ0n) is 21.9. The molecule has 2 atom stereocenters. The summed E-state index contributed by atoms with van der Waals surface area (Å²) >= 11 is 0. The number of carbonyl (C=O) groups excluding carboxylic acids is 3. The average molecular weight is 559 g/mol. The van der Waals surface area contributed by atoms with E-state index in [9.17, 15) is 27.6 Å². The number of hydrogen-bond acceptors (Lipinski definition) is 6. The second-order valence-electron chi connectivity index (χ2n) is 10.1. The number of ether oxygens (including phenoxy) is 3. The molecule has 1 N–H and O–H groups in total. The Morgan fingerprint density at radius 1 is 1.12 bits per heavy atom. The van der Waals surface area contributed by atoms with E-state index in [1.54, 1.807) is 24.0 Å². The average Bonchev–Trinajstić information content (AvgIpc) is 3.57. The van der Waals surface area contributed by atoms with Crippen LogP contribution in [0.2, 0.25) is 0 Å². The van der Waals surface area contributed by atoms with Crippen molar-refractivity contribution >= 4 is 17.8 Å². The van der Waals surface area contributed by atoms with Gasteiger partial charge in [-0.2, -0.15) is 13.2 Å². The smallest absolute Gasteiger partial charge is 0.416 e. The minimum absolute atomic E-state index is 0.107. The molecule has 0 unspecified atom stereocenters. The lowest BCUT2D eigenvalue weighted by Gasteiger charge is -2.44. The van der Waals surface area contributed by atoms with Gasteiger partial charge in [-0.15, -0.1) is 0 Å². The van der Waals surface area contributed by atoms with Crippen LogP contribution >= 0.6 is 0 Å². The maximum Gasteiger partial charge on any atom is 0.416 e. The maximum atomic E-state index is 13.8. The molecular weight excluding hydrogens is 529 g/mol. The van der Waals surface area contributed by atoms with Gasteiger partial charge >= 0.3 is 12.1 Å². The number of esters is 1. The Morgan fingerprint density at radius 3 is 2.70 bits per heavy atom. The zero-order valence-corrected chi connectivity index (χ0v) is 21.9. The molecule has 0 saturated carbocycles. The topological polar surface area (TPSA) is 94.2 Å². The summed E-state index contributed by atoms with van der Waals surface area (Å²) in [7, 11) is 0. The number of allylic oxidation sites excluding steroid dienone is 1. The number of likely N-dealkylation sites (tertiary alicyclic amines) is 1. The molecule has 212 valence electrons. The highest BCUT2D eigenvalue weighted by molar-refractivity contribution is 5.92. The summed E-state index contributed by atoms with van der Waals surface area (Å²) in [6, 6.07) is 10.1. The molecule has 0 radical (unpaired) electrons. The van der Waals surface area contributed by atoms with Crippen LogP contribution in [-0.2, 0) is 38.4 Å². The van der Waals surface area contributed by atoms with Crippen molar-refractivity contribution in [2.75, 3.05) is 13.4 Å². The summed E-state index contributed by atoms with van der Waals surface area (Å²) in [6.07, 6.45) is -1.69. The number of hydrogen-bond donors (Lipinski definition) is 1. The Bertz CT molecular complexity index is 1360. The van der Waals surface area contributed by atoms with Gasteiger partial charge in [-0.3, -0.25) is 14.4 Å². The summed E-state index contributed by atoms with van der Waals surface area (Å²) in [4.78, 5) is 41.5. The molecule has 8 nitrogen and oxygen atoms in total. The first-order valence-corrected chi connectivity index (χ1v) is 13.1. The minimum atomic E-state index is -4.50. The van der Waals surface area contributed by atoms with E-state index in [1.807, 2.05) is 12.1 Å². The van der Waals surface area contributed by atoms with E-state index in [4.69, 9.17) is 14.2 Å². The van der Waals surface area contributed by atoms with E-state index in [0.29, 0.717) is 30.0 Å². The van der Waals surface area contributed by atoms with Gasteiger partial charge in [-0.1, -0.05) is 24.3 Å². The summed E-state index contributed by atoms with van der Waals surface area (Å²) in [5, 5.41) is 2.63.